The summed E-state index contributed by atoms with van der Waals surface area (Å²) in [6.45, 7) is 1.64. The molecule has 1 saturated heterocycles. The van der Waals surface area contributed by atoms with Crippen molar-refractivity contribution in [1.82, 2.24) is 10.2 Å². The Labute approximate surface area is 160 Å². The molecule has 2 amide bonds. The maximum absolute atomic E-state index is 12.5. The third-order valence-electron chi connectivity index (χ3n) is 4.73. The largest absolute Gasteiger partial charge is 0.494 e. The fraction of sp³-hybridized carbons (Fsp3) is 0.364. The minimum atomic E-state index is -0.351. The van der Waals surface area contributed by atoms with Crippen LogP contribution in [0.4, 0.5) is 0 Å². The Morgan fingerprint density at radius 2 is 1.74 bits per heavy atom. The molecule has 1 aliphatic heterocycles. The summed E-state index contributed by atoms with van der Waals surface area (Å²) in [6.07, 6.45) is 2.64. The number of hydrogen-bond acceptors (Lipinski definition) is 3. The summed E-state index contributed by atoms with van der Waals surface area (Å²) in [5.74, 6) is 0.776. The molecule has 3 rings (SSSR count). The SMILES string of the molecule is O=C(NCc1ccccc1)[C@H]1CCCN1C(=O)CCCOc1ccccc1. The van der Waals surface area contributed by atoms with Gasteiger partial charge in [0.15, 0.2) is 0 Å². The predicted molar refractivity (Wildman–Crippen MR) is 104 cm³/mol. The number of para-hydroxylation sites is 1. The average Bonchev–Trinajstić information content (AvgIpc) is 3.21. The molecule has 0 unspecified atom stereocenters. The second-order valence-electron chi connectivity index (χ2n) is 6.71. The van der Waals surface area contributed by atoms with Crippen molar-refractivity contribution in [1.29, 1.82) is 0 Å². The van der Waals surface area contributed by atoms with Crippen molar-refractivity contribution in [2.24, 2.45) is 0 Å². The van der Waals surface area contributed by atoms with Gasteiger partial charge in [-0.05, 0) is 37.0 Å². The molecule has 2 aromatic carbocycles. The van der Waals surface area contributed by atoms with Crippen molar-refractivity contribution in [3.63, 3.8) is 0 Å². The van der Waals surface area contributed by atoms with Gasteiger partial charge in [0, 0.05) is 19.5 Å². The van der Waals surface area contributed by atoms with E-state index in [1.165, 1.54) is 0 Å². The Kier molecular flexibility index (Phi) is 6.85. The quantitative estimate of drug-likeness (QED) is 0.730. The van der Waals surface area contributed by atoms with Gasteiger partial charge in [-0.3, -0.25) is 9.59 Å². The zero-order valence-corrected chi connectivity index (χ0v) is 15.5. The van der Waals surface area contributed by atoms with Gasteiger partial charge < -0.3 is 15.0 Å². The minimum absolute atomic E-state index is 0.0315. The Hall–Kier alpha value is -2.82. The number of likely N-dealkylation sites (tertiary alicyclic amines) is 1. The van der Waals surface area contributed by atoms with Gasteiger partial charge >= 0.3 is 0 Å². The highest BCUT2D eigenvalue weighted by Crippen LogP contribution is 2.19. The van der Waals surface area contributed by atoms with Crippen LogP contribution in [-0.2, 0) is 16.1 Å². The minimum Gasteiger partial charge on any atom is -0.494 e. The molecule has 1 heterocycles. The van der Waals surface area contributed by atoms with E-state index in [2.05, 4.69) is 5.32 Å². The maximum Gasteiger partial charge on any atom is 0.243 e. The molecule has 1 fully saturated rings. The molecule has 0 saturated carbocycles. The van der Waals surface area contributed by atoms with Crippen LogP contribution in [0.2, 0.25) is 0 Å². The second-order valence-corrected chi connectivity index (χ2v) is 6.71. The van der Waals surface area contributed by atoms with E-state index in [9.17, 15) is 9.59 Å². The lowest BCUT2D eigenvalue weighted by Gasteiger charge is -2.24. The van der Waals surface area contributed by atoms with Gasteiger partial charge in [0.25, 0.3) is 0 Å². The molecule has 0 radical (unpaired) electrons. The first-order valence-electron chi connectivity index (χ1n) is 9.53. The summed E-state index contributed by atoms with van der Waals surface area (Å²) in [5.41, 5.74) is 1.06. The highest BCUT2D eigenvalue weighted by molar-refractivity contribution is 5.88. The number of hydrogen-bond donors (Lipinski definition) is 1. The lowest BCUT2D eigenvalue weighted by Crippen LogP contribution is -2.45. The molecule has 0 bridgehead atoms. The van der Waals surface area contributed by atoms with Crippen LogP contribution in [0.1, 0.15) is 31.2 Å². The lowest BCUT2D eigenvalue weighted by atomic mass is 10.1. The Balaban J connectivity index is 1.42. The summed E-state index contributed by atoms with van der Waals surface area (Å²) in [4.78, 5) is 26.8. The fourth-order valence-corrected chi connectivity index (χ4v) is 3.31. The summed E-state index contributed by atoms with van der Waals surface area (Å²) in [6, 6.07) is 19.0. The third kappa shape index (κ3) is 5.58. The van der Waals surface area contributed by atoms with Gasteiger partial charge in [0.1, 0.15) is 11.8 Å². The van der Waals surface area contributed by atoms with Gasteiger partial charge in [-0.2, -0.15) is 0 Å². The molecular formula is C22H26N2O3. The lowest BCUT2D eigenvalue weighted by molar-refractivity contribution is -0.138. The first-order chi connectivity index (χ1) is 13.2. The van der Waals surface area contributed by atoms with Gasteiger partial charge in [0.05, 0.1) is 6.61 Å². The maximum atomic E-state index is 12.5. The number of amides is 2. The molecule has 1 N–H and O–H groups in total. The average molecular weight is 366 g/mol. The third-order valence-corrected chi connectivity index (χ3v) is 4.73. The molecule has 5 heteroatoms. The number of rotatable bonds is 8. The van der Waals surface area contributed by atoms with Gasteiger partial charge in [-0.1, -0.05) is 48.5 Å². The van der Waals surface area contributed by atoms with E-state index in [4.69, 9.17) is 4.74 Å². The standard InChI is InChI=1S/C22H26N2O3/c25-21(14-8-16-27-19-11-5-2-6-12-19)24-15-7-13-20(24)22(26)23-17-18-9-3-1-4-10-18/h1-6,9-12,20H,7-8,13-17H2,(H,23,26)/t20-/m1/s1. The Morgan fingerprint density at radius 1 is 1.04 bits per heavy atom. The van der Waals surface area contributed by atoms with E-state index in [0.29, 0.717) is 32.5 Å². The summed E-state index contributed by atoms with van der Waals surface area (Å²) in [5, 5.41) is 2.96. The van der Waals surface area contributed by atoms with Crippen LogP contribution in [-0.4, -0.2) is 35.9 Å². The molecule has 0 aromatic heterocycles. The molecule has 2 aromatic rings. The van der Waals surface area contributed by atoms with Gasteiger partial charge in [-0.25, -0.2) is 0 Å². The number of ether oxygens (including phenoxy) is 1. The highest BCUT2D eigenvalue weighted by Gasteiger charge is 2.33. The number of carbonyl (C=O) groups excluding carboxylic acids is 2. The molecule has 142 valence electrons. The van der Waals surface area contributed by atoms with Crippen LogP contribution >= 0.6 is 0 Å². The predicted octanol–water partition coefficient (Wildman–Crippen LogP) is 3.15. The summed E-state index contributed by atoms with van der Waals surface area (Å²) in [7, 11) is 0. The van der Waals surface area contributed by atoms with Gasteiger partial charge in [-0.15, -0.1) is 0 Å². The van der Waals surface area contributed by atoms with Crippen LogP contribution in [0.5, 0.6) is 5.75 Å². The van der Waals surface area contributed by atoms with E-state index in [0.717, 1.165) is 24.2 Å². The molecule has 5 nitrogen and oxygen atoms in total. The monoisotopic (exact) mass is 366 g/mol. The normalized spacial score (nSPS) is 16.1. The zero-order chi connectivity index (χ0) is 18.9. The van der Waals surface area contributed by atoms with Gasteiger partial charge in [0.2, 0.25) is 11.8 Å². The van der Waals surface area contributed by atoms with Crippen molar-refractivity contribution < 1.29 is 14.3 Å². The van der Waals surface area contributed by atoms with Crippen LogP contribution in [0.15, 0.2) is 60.7 Å². The van der Waals surface area contributed by atoms with E-state index in [1.54, 1.807) is 4.90 Å². The number of nitrogens with zero attached hydrogens (tertiary/aromatic N) is 1. The molecule has 0 aliphatic carbocycles. The van der Waals surface area contributed by atoms with E-state index < -0.39 is 0 Å². The second kappa shape index (κ2) is 9.76. The number of carbonyl (C=O) groups is 2. The topological polar surface area (TPSA) is 58.6 Å². The highest BCUT2D eigenvalue weighted by atomic mass is 16.5. The molecular weight excluding hydrogens is 340 g/mol. The molecule has 27 heavy (non-hydrogen) atoms. The fourth-order valence-electron chi connectivity index (χ4n) is 3.31. The summed E-state index contributed by atoms with van der Waals surface area (Å²) >= 11 is 0. The van der Waals surface area contributed by atoms with Crippen molar-refractivity contribution >= 4 is 11.8 Å². The number of nitrogens with one attached hydrogen (secondary N) is 1. The Morgan fingerprint density at radius 3 is 2.48 bits per heavy atom. The number of benzene rings is 2. The molecule has 0 spiro atoms. The van der Waals surface area contributed by atoms with Crippen molar-refractivity contribution in [3.8, 4) is 5.75 Å². The first kappa shape index (κ1) is 19.0. The molecule has 1 aliphatic rings. The van der Waals surface area contributed by atoms with Crippen LogP contribution < -0.4 is 10.1 Å². The first-order valence-corrected chi connectivity index (χ1v) is 9.53. The van der Waals surface area contributed by atoms with E-state index >= 15 is 0 Å². The van der Waals surface area contributed by atoms with Crippen molar-refractivity contribution in [2.75, 3.05) is 13.2 Å². The molecule has 1 atom stereocenters. The van der Waals surface area contributed by atoms with Crippen LogP contribution in [0.3, 0.4) is 0 Å². The summed E-state index contributed by atoms with van der Waals surface area (Å²) < 4.78 is 5.63. The van der Waals surface area contributed by atoms with Crippen molar-refractivity contribution in [3.05, 3.63) is 66.2 Å². The van der Waals surface area contributed by atoms with Crippen LogP contribution in [0.25, 0.3) is 0 Å². The zero-order valence-electron chi connectivity index (χ0n) is 15.5. The Bertz CT molecular complexity index is 734. The van der Waals surface area contributed by atoms with Crippen molar-refractivity contribution in [2.45, 2.75) is 38.3 Å². The smallest absolute Gasteiger partial charge is 0.243 e. The van der Waals surface area contributed by atoms with E-state index in [-0.39, 0.29) is 17.9 Å². The van der Waals surface area contributed by atoms with Crippen LogP contribution in [0, 0.1) is 0 Å². The van der Waals surface area contributed by atoms with E-state index in [1.807, 2.05) is 60.7 Å².